The molecule has 2 aliphatic rings. The van der Waals surface area contributed by atoms with Crippen molar-refractivity contribution in [3.8, 4) is 0 Å². The lowest BCUT2D eigenvalue weighted by Crippen LogP contribution is -2.48. The van der Waals surface area contributed by atoms with Crippen LogP contribution in [0.2, 0.25) is 0 Å². The van der Waals surface area contributed by atoms with Gasteiger partial charge in [0.15, 0.2) is 0 Å². The summed E-state index contributed by atoms with van der Waals surface area (Å²) in [6.07, 6.45) is 9.28. The Kier molecular flexibility index (Phi) is 8.50. The van der Waals surface area contributed by atoms with Gasteiger partial charge < -0.3 is 15.5 Å². The quantitative estimate of drug-likeness (QED) is 0.735. The van der Waals surface area contributed by atoms with Gasteiger partial charge in [0.2, 0.25) is 0 Å². The fourth-order valence-electron chi connectivity index (χ4n) is 4.06. The van der Waals surface area contributed by atoms with Crippen molar-refractivity contribution in [2.24, 2.45) is 5.41 Å². The molecule has 2 fully saturated rings. The van der Waals surface area contributed by atoms with Crippen LogP contribution >= 0.6 is 24.8 Å². The number of pyridine rings is 1. The van der Waals surface area contributed by atoms with Gasteiger partial charge >= 0.3 is 6.03 Å². The predicted octanol–water partition coefficient (Wildman–Crippen LogP) is 4.70. The van der Waals surface area contributed by atoms with E-state index in [1.54, 1.807) is 6.20 Å². The van der Waals surface area contributed by atoms with Gasteiger partial charge in [-0.05, 0) is 61.7 Å². The Bertz CT molecular complexity index is 805. The highest BCUT2D eigenvalue weighted by atomic mass is 35.5. The predicted molar refractivity (Wildman–Crippen MR) is 124 cm³/mol. The molecule has 0 saturated carbocycles. The second kappa shape index (κ2) is 10.6. The Hall–Kier alpha value is -2.08. The van der Waals surface area contributed by atoms with Gasteiger partial charge in [-0.1, -0.05) is 24.3 Å². The minimum Gasteiger partial charge on any atom is -0.324 e. The van der Waals surface area contributed by atoms with E-state index in [0.29, 0.717) is 0 Å². The second-order valence-corrected chi connectivity index (χ2v) is 7.59. The third kappa shape index (κ3) is 5.95. The molecule has 1 aromatic carbocycles. The number of likely N-dealkylation sites (tertiary alicyclic amines) is 1. The first-order valence-electron chi connectivity index (χ1n) is 9.68. The molecule has 0 aliphatic carbocycles. The van der Waals surface area contributed by atoms with E-state index in [2.05, 4.69) is 15.6 Å². The maximum absolute atomic E-state index is 12.7. The van der Waals surface area contributed by atoms with Crippen molar-refractivity contribution in [3.63, 3.8) is 0 Å². The van der Waals surface area contributed by atoms with Gasteiger partial charge in [0, 0.05) is 36.9 Å². The van der Waals surface area contributed by atoms with Crippen LogP contribution in [0.15, 0.2) is 48.7 Å². The Balaban J connectivity index is 0.00000150. The van der Waals surface area contributed by atoms with Crippen LogP contribution < -0.4 is 10.6 Å². The van der Waals surface area contributed by atoms with Crippen molar-refractivity contribution in [2.75, 3.05) is 31.5 Å². The maximum Gasteiger partial charge on any atom is 0.321 e. The normalized spacial score (nSPS) is 20.9. The van der Waals surface area contributed by atoms with E-state index in [9.17, 15) is 4.79 Å². The summed E-state index contributed by atoms with van der Waals surface area (Å²) in [4.78, 5) is 18.9. The van der Waals surface area contributed by atoms with Crippen molar-refractivity contribution in [2.45, 2.75) is 19.3 Å². The first kappa shape index (κ1) is 23.2. The van der Waals surface area contributed by atoms with Crippen LogP contribution in [0.1, 0.15) is 30.5 Å². The molecule has 1 spiro atoms. The average Bonchev–Trinajstić information content (AvgIpc) is 3.15. The van der Waals surface area contributed by atoms with E-state index in [1.807, 2.05) is 59.5 Å². The van der Waals surface area contributed by atoms with E-state index in [4.69, 9.17) is 0 Å². The number of hydrogen-bond donors (Lipinski definition) is 2. The summed E-state index contributed by atoms with van der Waals surface area (Å²) in [5.41, 5.74) is 3.12. The summed E-state index contributed by atoms with van der Waals surface area (Å²) in [6, 6.07) is 13.8. The summed E-state index contributed by atoms with van der Waals surface area (Å²) in [5, 5.41) is 6.50. The highest BCUT2D eigenvalue weighted by Crippen LogP contribution is 2.35. The van der Waals surface area contributed by atoms with Crippen LogP contribution in [0.25, 0.3) is 12.2 Å². The molecule has 2 N–H and O–H groups in total. The smallest absolute Gasteiger partial charge is 0.321 e. The van der Waals surface area contributed by atoms with Crippen molar-refractivity contribution in [1.82, 2.24) is 15.2 Å². The molecule has 0 bridgehead atoms. The number of halogens is 2. The molecule has 2 aromatic rings. The number of benzene rings is 1. The van der Waals surface area contributed by atoms with Crippen molar-refractivity contribution in [1.29, 1.82) is 0 Å². The summed E-state index contributed by atoms with van der Waals surface area (Å²) < 4.78 is 0. The van der Waals surface area contributed by atoms with Gasteiger partial charge in [-0.15, -0.1) is 24.8 Å². The summed E-state index contributed by atoms with van der Waals surface area (Å²) >= 11 is 0. The van der Waals surface area contributed by atoms with Gasteiger partial charge in [-0.2, -0.15) is 0 Å². The van der Waals surface area contributed by atoms with E-state index in [-0.39, 0.29) is 36.3 Å². The molecule has 1 atom stereocenters. The average molecular weight is 435 g/mol. The Morgan fingerprint density at radius 1 is 1.10 bits per heavy atom. The van der Waals surface area contributed by atoms with Crippen molar-refractivity contribution in [3.05, 3.63) is 59.9 Å². The van der Waals surface area contributed by atoms with E-state index < -0.39 is 0 Å². The fraction of sp³-hybridized carbons (Fsp3) is 0.364. The number of rotatable bonds is 3. The number of amides is 2. The minimum atomic E-state index is 0. The van der Waals surface area contributed by atoms with Crippen LogP contribution in [-0.4, -0.2) is 42.1 Å². The zero-order chi connectivity index (χ0) is 18.5. The zero-order valence-corrected chi connectivity index (χ0v) is 18.0. The standard InChI is InChI=1S/C22H26N4O.2ClH/c27-21(26-15-3-11-22(17-26)12-14-23-16-22)25-20-9-6-18(7-10-20)5-8-19-4-1-2-13-24-19;;/h1-2,4-10,13,23H,3,11-12,14-17H2,(H,25,27);2*1H/b8-5+;;. The first-order chi connectivity index (χ1) is 13.2. The number of aromatic nitrogens is 1. The lowest BCUT2D eigenvalue weighted by atomic mass is 9.79. The minimum absolute atomic E-state index is 0. The van der Waals surface area contributed by atoms with E-state index in [0.717, 1.165) is 49.5 Å². The molecule has 2 amide bonds. The van der Waals surface area contributed by atoms with Crippen LogP contribution in [0.5, 0.6) is 0 Å². The topological polar surface area (TPSA) is 57.3 Å². The van der Waals surface area contributed by atoms with E-state index >= 15 is 0 Å². The highest BCUT2D eigenvalue weighted by molar-refractivity contribution is 5.89. The number of hydrogen-bond acceptors (Lipinski definition) is 3. The lowest BCUT2D eigenvalue weighted by Gasteiger charge is -2.39. The van der Waals surface area contributed by atoms with E-state index in [1.165, 1.54) is 12.8 Å². The Morgan fingerprint density at radius 3 is 2.62 bits per heavy atom. The van der Waals surface area contributed by atoms with Gasteiger partial charge in [-0.25, -0.2) is 4.79 Å². The molecule has 156 valence electrons. The maximum atomic E-state index is 12.7. The van der Waals surface area contributed by atoms with Crippen LogP contribution in [0.4, 0.5) is 10.5 Å². The van der Waals surface area contributed by atoms with Crippen LogP contribution in [0.3, 0.4) is 0 Å². The summed E-state index contributed by atoms with van der Waals surface area (Å²) in [7, 11) is 0. The zero-order valence-electron chi connectivity index (χ0n) is 16.3. The van der Waals surface area contributed by atoms with Crippen molar-refractivity contribution >= 4 is 48.7 Å². The van der Waals surface area contributed by atoms with Crippen LogP contribution in [-0.2, 0) is 0 Å². The highest BCUT2D eigenvalue weighted by Gasteiger charge is 2.39. The molecule has 0 radical (unpaired) electrons. The van der Waals surface area contributed by atoms with Gasteiger partial charge in [0.25, 0.3) is 0 Å². The van der Waals surface area contributed by atoms with Crippen LogP contribution in [0, 0.1) is 5.41 Å². The molecule has 7 heteroatoms. The molecule has 4 rings (SSSR count). The lowest BCUT2D eigenvalue weighted by molar-refractivity contribution is 0.125. The fourth-order valence-corrected chi connectivity index (χ4v) is 4.06. The summed E-state index contributed by atoms with van der Waals surface area (Å²) in [5.74, 6) is 0. The SMILES string of the molecule is Cl.Cl.O=C(Nc1ccc(/C=C/c2ccccn2)cc1)N1CCCC2(CCNC2)C1. The Morgan fingerprint density at radius 2 is 1.93 bits per heavy atom. The number of carbonyl (C=O) groups excluding carboxylic acids is 1. The number of piperidine rings is 1. The first-order valence-corrected chi connectivity index (χ1v) is 9.68. The third-order valence-corrected chi connectivity index (χ3v) is 5.58. The monoisotopic (exact) mass is 434 g/mol. The Labute approximate surface area is 184 Å². The number of nitrogens with one attached hydrogen (secondary N) is 2. The largest absolute Gasteiger partial charge is 0.324 e. The molecule has 1 aromatic heterocycles. The van der Waals surface area contributed by atoms with Gasteiger partial charge in [-0.3, -0.25) is 4.98 Å². The van der Waals surface area contributed by atoms with Crippen molar-refractivity contribution < 1.29 is 4.79 Å². The molecule has 5 nitrogen and oxygen atoms in total. The molecule has 3 heterocycles. The number of urea groups is 1. The number of anilines is 1. The van der Waals surface area contributed by atoms with Gasteiger partial charge in [0.05, 0.1) is 5.69 Å². The molecular weight excluding hydrogens is 407 g/mol. The number of carbonyl (C=O) groups is 1. The third-order valence-electron chi connectivity index (χ3n) is 5.58. The molecule has 29 heavy (non-hydrogen) atoms. The number of nitrogens with zero attached hydrogens (tertiary/aromatic N) is 2. The summed E-state index contributed by atoms with van der Waals surface area (Å²) in [6.45, 7) is 3.81. The second-order valence-electron chi connectivity index (χ2n) is 7.59. The van der Waals surface area contributed by atoms with Gasteiger partial charge in [0.1, 0.15) is 0 Å². The molecular formula is C22H28Cl2N4O. The molecule has 2 aliphatic heterocycles. The molecule has 1 unspecified atom stereocenters. The molecule has 2 saturated heterocycles.